The molecule has 176 valence electrons. The average molecular weight is 464 g/mol. The maximum Gasteiger partial charge on any atom is 0.513 e. The van der Waals surface area contributed by atoms with Gasteiger partial charge >= 0.3 is 6.16 Å². The molecule has 2 N–H and O–H groups in total. The second-order valence-corrected chi connectivity index (χ2v) is 6.80. The molecule has 0 aliphatic carbocycles. The molecule has 0 aromatic heterocycles. The molecule has 0 fully saturated rings. The van der Waals surface area contributed by atoms with Crippen LogP contribution in [-0.4, -0.2) is 38.8 Å². The number of para-hydroxylation sites is 2. The third kappa shape index (κ3) is 5.83. The lowest BCUT2D eigenvalue weighted by atomic mass is 10.1. The van der Waals surface area contributed by atoms with Crippen LogP contribution in [0.2, 0.25) is 0 Å². The van der Waals surface area contributed by atoms with Gasteiger partial charge in [0.25, 0.3) is 11.8 Å². The Morgan fingerprint density at radius 1 is 0.735 bits per heavy atom. The predicted octanol–water partition coefficient (Wildman–Crippen LogP) is 4.74. The van der Waals surface area contributed by atoms with Crippen LogP contribution in [0.3, 0.4) is 0 Å². The standard InChI is InChI=1S/C25H24N2O7/c1-4-33-25(30)34-17-14-12-16(13-15-17)23(28)26-18-8-5-6-9-19(18)27-24(29)22-20(31-2)10-7-11-21(22)32-3/h5-15H,4H2,1-3H3,(H,26,28)(H,27,29). The van der Waals surface area contributed by atoms with E-state index < -0.39 is 18.0 Å². The fourth-order valence-corrected chi connectivity index (χ4v) is 3.07. The molecule has 9 heteroatoms. The van der Waals surface area contributed by atoms with Gasteiger partial charge in [-0.05, 0) is 55.5 Å². The molecule has 0 aliphatic rings. The highest BCUT2D eigenvalue weighted by molar-refractivity contribution is 6.12. The van der Waals surface area contributed by atoms with Gasteiger partial charge in [0.2, 0.25) is 0 Å². The molecule has 3 aromatic rings. The minimum Gasteiger partial charge on any atom is -0.496 e. The van der Waals surface area contributed by atoms with Crippen LogP contribution in [0.15, 0.2) is 66.7 Å². The normalized spacial score (nSPS) is 10.1. The van der Waals surface area contributed by atoms with Crippen molar-refractivity contribution in [3.05, 3.63) is 77.9 Å². The number of carbonyl (C=O) groups is 3. The summed E-state index contributed by atoms with van der Waals surface area (Å²) >= 11 is 0. The molecule has 0 heterocycles. The summed E-state index contributed by atoms with van der Waals surface area (Å²) in [6, 6.07) is 17.8. The van der Waals surface area contributed by atoms with Gasteiger partial charge in [-0.1, -0.05) is 18.2 Å². The second kappa shape index (κ2) is 11.4. The molecule has 0 spiro atoms. The molecular formula is C25H24N2O7. The zero-order valence-corrected chi connectivity index (χ0v) is 18.9. The number of hydrogen-bond acceptors (Lipinski definition) is 7. The molecular weight excluding hydrogens is 440 g/mol. The van der Waals surface area contributed by atoms with E-state index in [-0.39, 0.29) is 17.9 Å². The van der Waals surface area contributed by atoms with Crippen LogP contribution in [0.4, 0.5) is 16.2 Å². The van der Waals surface area contributed by atoms with Crippen LogP contribution < -0.4 is 24.8 Å². The van der Waals surface area contributed by atoms with Gasteiger partial charge in [-0.3, -0.25) is 9.59 Å². The molecule has 2 amide bonds. The fourth-order valence-electron chi connectivity index (χ4n) is 3.07. The SMILES string of the molecule is CCOC(=O)Oc1ccc(C(=O)Nc2ccccc2NC(=O)c2c(OC)cccc2OC)cc1. The number of methoxy groups -OCH3 is 2. The average Bonchev–Trinajstić information content (AvgIpc) is 2.85. The van der Waals surface area contributed by atoms with Crippen molar-refractivity contribution in [1.82, 2.24) is 0 Å². The van der Waals surface area contributed by atoms with E-state index in [0.717, 1.165) is 0 Å². The minimum atomic E-state index is -0.823. The number of hydrogen-bond donors (Lipinski definition) is 2. The van der Waals surface area contributed by atoms with Crippen molar-refractivity contribution in [2.75, 3.05) is 31.5 Å². The summed E-state index contributed by atoms with van der Waals surface area (Å²) in [5.74, 6) is 0.0659. The lowest BCUT2D eigenvalue weighted by molar-refractivity contribution is 0.101. The second-order valence-electron chi connectivity index (χ2n) is 6.80. The number of benzene rings is 3. The number of carbonyl (C=O) groups excluding carboxylic acids is 3. The summed E-state index contributed by atoms with van der Waals surface area (Å²) in [5.41, 5.74) is 1.33. The lowest BCUT2D eigenvalue weighted by Gasteiger charge is -2.15. The maximum atomic E-state index is 13.0. The predicted molar refractivity (Wildman–Crippen MR) is 126 cm³/mol. The van der Waals surface area contributed by atoms with Crippen LogP contribution in [0.5, 0.6) is 17.2 Å². The maximum absolute atomic E-state index is 13.0. The van der Waals surface area contributed by atoms with Crippen LogP contribution in [0.25, 0.3) is 0 Å². The van der Waals surface area contributed by atoms with Crippen molar-refractivity contribution in [3.63, 3.8) is 0 Å². The van der Waals surface area contributed by atoms with Gasteiger partial charge in [0.05, 0.1) is 32.2 Å². The first kappa shape index (κ1) is 24.1. The molecule has 0 saturated carbocycles. The van der Waals surface area contributed by atoms with Crippen molar-refractivity contribution in [1.29, 1.82) is 0 Å². The summed E-state index contributed by atoms with van der Waals surface area (Å²) < 4.78 is 20.3. The zero-order chi connectivity index (χ0) is 24.5. The summed E-state index contributed by atoms with van der Waals surface area (Å²) in [6.07, 6.45) is -0.823. The van der Waals surface area contributed by atoms with Crippen molar-refractivity contribution < 1.29 is 33.3 Å². The van der Waals surface area contributed by atoms with E-state index in [2.05, 4.69) is 10.6 Å². The molecule has 0 bridgehead atoms. The van der Waals surface area contributed by atoms with Crippen LogP contribution in [-0.2, 0) is 4.74 Å². The number of anilines is 2. The Morgan fingerprint density at radius 3 is 1.82 bits per heavy atom. The minimum absolute atomic E-state index is 0.194. The van der Waals surface area contributed by atoms with Gasteiger partial charge < -0.3 is 29.6 Å². The Labute approximate surface area is 196 Å². The van der Waals surface area contributed by atoms with E-state index in [1.165, 1.54) is 38.5 Å². The summed E-state index contributed by atoms with van der Waals surface area (Å²) in [6.45, 7) is 1.86. The number of amides is 2. The quantitative estimate of drug-likeness (QED) is 0.366. The Hall–Kier alpha value is -4.53. The highest BCUT2D eigenvalue weighted by atomic mass is 16.7. The van der Waals surface area contributed by atoms with E-state index in [1.54, 1.807) is 49.4 Å². The largest absolute Gasteiger partial charge is 0.513 e. The third-order valence-electron chi connectivity index (χ3n) is 4.66. The Kier molecular flexibility index (Phi) is 8.07. The molecule has 0 aliphatic heterocycles. The monoisotopic (exact) mass is 464 g/mol. The zero-order valence-electron chi connectivity index (χ0n) is 18.9. The molecule has 3 aromatic carbocycles. The van der Waals surface area contributed by atoms with Gasteiger partial charge in [0.1, 0.15) is 22.8 Å². The molecule has 34 heavy (non-hydrogen) atoms. The first-order valence-electron chi connectivity index (χ1n) is 10.3. The highest BCUT2D eigenvalue weighted by Gasteiger charge is 2.20. The Bertz CT molecular complexity index is 1150. The van der Waals surface area contributed by atoms with Gasteiger partial charge in [0.15, 0.2) is 0 Å². The first-order valence-corrected chi connectivity index (χ1v) is 10.3. The van der Waals surface area contributed by atoms with Crippen LogP contribution in [0, 0.1) is 0 Å². The molecule has 0 atom stereocenters. The first-order chi connectivity index (χ1) is 16.5. The Morgan fingerprint density at radius 2 is 1.29 bits per heavy atom. The molecule has 9 nitrogen and oxygen atoms in total. The van der Waals surface area contributed by atoms with E-state index in [4.69, 9.17) is 18.9 Å². The molecule has 0 radical (unpaired) electrons. The smallest absolute Gasteiger partial charge is 0.496 e. The van der Waals surface area contributed by atoms with Gasteiger partial charge in [-0.15, -0.1) is 0 Å². The summed E-state index contributed by atoms with van der Waals surface area (Å²) in [4.78, 5) is 37.2. The lowest BCUT2D eigenvalue weighted by Crippen LogP contribution is -2.18. The molecule has 0 unspecified atom stereocenters. The number of nitrogens with one attached hydrogen (secondary N) is 2. The van der Waals surface area contributed by atoms with Crippen molar-refractivity contribution in [3.8, 4) is 17.2 Å². The van der Waals surface area contributed by atoms with Gasteiger partial charge in [0, 0.05) is 5.56 Å². The van der Waals surface area contributed by atoms with Crippen molar-refractivity contribution in [2.45, 2.75) is 6.92 Å². The van der Waals surface area contributed by atoms with Gasteiger partial charge in [-0.2, -0.15) is 0 Å². The molecule has 3 rings (SSSR count). The van der Waals surface area contributed by atoms with Crippen molar-refractivity contribution >= 4 is 29.3 Å². The Balaban J connectivity index is 1.76. The number of ether oxygens (including phenoxy) is 4. The van der Waals surface area contributed by atoms with Crippen LogP contribution >= 0.6 is 0 Å². The van der Waals surface area contributed by atoms with Crippen LogP contribution in [0.1, 0.15) is 27.6 Å². The summed E-state index contributed by atoms with van der Waals surface area (Å²) in [5, 5.41) is 5.56. The van der Waals surface area contributed by atoms with E-state index >= 15 is 0 Å². The highest BCUT2D eigenvalue weighted by Crippen LogP contribution is 2.30. The fraction of sp³-hybridized carbons (Fsp3) is 0.160. The van der Waals surface area contributed by atoms with E-state index in [0.29, 0.717) is 28.4 Å². The van der Waals surface area contributed by atoms with E-state index in [9.17, 15) is 14.4 Å². The number of rotatable bonds is 8. The van der Waals surface area contributed by atoms with Gasteiger partial charge in [-0.25, -0.2) is 4.79 Å². The topological polar surface area (TPSA) is 112 Å². The van der Waals surface area contributed by atoms with E-state index in [1.807, 2.05) is 0 Å². The van der Waals surface area contributed by atoms with Crippen molar-refractivity contribution in [2.24, 2.45) is 0 Å². The summed E-state index contributed by atoms with van der Waals surface area (Å²) in [7, 11) is 2.92. The third-order valence-corrected chi connectivity index (χ3v) is 4.66. The molecule has 0 saturated heterocycles.